The van der Waals surface area contributed by atoms with Crippen LogP contribution in [0.2, 0.25) is 5.02 Å². The molecule has 0 saturated carbocycles. The molecule has 0 radical (unpaired) electrons. The molecule has 1 fully saturated rings. The van der Waals surface area contributed by atoms with Gasteiger partial charge in [-0.05, 0) is 85.6 Å². The smallest absolute Gasteiger partial charge is 0.123 e. The molecule has 0 aromatic heterocycles. The standard InChI is InChI=1S/C27H29ClFNO/c28-24-10-6-20(7-11-24)18-26(31)19-27(23-4-2-1-3-5-23)30-16-14-22(15-17-30)21-8-12-25(29)13-9-21/h1-13,22,26-27,31H,14-19H2. The Morgan fingerprint density at radius 3 is 2.19 bits per heavy atom. The van der Waals surface area contributed by atoms with Crippen LogP contribution >= 0.6 is 11.6 Å². The Balaban J connectivity index is 1.43. The summed E-state index contributed by atoms with van der Waals surface area (Å²) in [6.45, 7) is 1.94. The van der Waals surface area contributed by atoms with Gasteiger partial charge in [-0.25, -0.2) is 4.39 Å². The second-order valence-electron chi connectivity index (χ2n) is 8.51. The first-order valence-electron chi connectivity index (χ1n) is 11.1. The third kappa shape index (κ3) is 5.94. The number of halogens is 2. The largest absolute Gasteiger partial charge is 0.393 e. The fourth-order valence-electron chi connectivity index (χ4n) is 4.68. The first-order chi connectivity index (χ1) is 15.1. The molecule has 0 bridgehead atoms. The maximum absolute atomic E-state index is 13.3. The van der Waals surface area contributed by atoms with E-state index in [0.29, 0.717) is 23.8 Å². The number of hydrogen-bond acceptors (Lipinski definition) is 2. The highest BCUT2D eigenvalue weighted by atomic mass is 35.5. The fraction of sp³-hybridized carbons (Fsp3) is 0.333. The molecular formula is C27H29ClFNO. The second-order valence-corrected chi connectivity index (χ2v) is 8.94. The van der Waals surface area contributed by atoms with Crippen LogP contribution in [0.25, 0.3) is 0 Å². The van der Waals surface area contributed by atoms with E-state index in [0.717, 1.165) is 31.5 Å². The van der Waals surface area contributed by atoms with Gasteiger partial charge in [-0.2, -0.15) is 0 Å². The van der Waals surface area contributed by atoms with Crippen molar-refractivity contribution in [2.45, 2.75) is 43.7 Å². The minimum absolute atomic E-state index is 0.178. The normalized spacial score (nSPS) is 17.4. The molecule has 2 atom stereocenters. The van der Waals surface area contributed by atoms with Gasteiger partial charge in [-0.3, -0.25) is 4.90 Å². The van der Waals surface area contributed by atoms with Crippen molar-refractivity contribution in [1.82, 2.24) is 4.90 Å². The number of benzene rings is 3. The molecule has 1 aliphatic rings. The van der Waals surface area contributed by atoms with E-state index in [4.69, 9.17) is 11.6 Å². The van der Waals surface area contributed by atoms with E-state index < -0.39 is 6.10 Å². The zero-order valence-electron chi connectivity index (χ0n) is 17.6. The third-order valence-electron chi connectivity index (χ3n) is 6.38. The van der Waals surface area contributed by atoms with E-state index in [1.807, 2.05) is 42.5 Å². The van der Waals surface area contributed by atoms with E-state index in [2.05, 4.69) is 29.2 Å². The average Bonchev–Trinajstić information content (AvgIpc) is 2.80. The zero-order valence-corrected chi connectivity index (χ0v) is 18.4. The predicted molar refractivity (Wildman–Crippen MR) is 125 cm³/mol. The molecule has 0 amide bonds. The molecular weight excluding hydrogens is 409 g/mol. The maximum atomic E-state index is 13.3. The lowest BCUT2D eigenvalue weighted by Gasteiger charge is -2.39. The summed E-state index contributed by atoms with van der Waals surface area (Å²) in [6.07, 6.45) is 2.96. The monoisotopic (exact) mass is 437 g/mol. The Labute approximate surface area is 189 Å². The van der Waals surface area contributed by atoms with Crippen LogP contribution in [0.5, 0.6) is 0 Å². The number of aliphatic hydroxyl groups is 1. The molecule has 3 aromatic carbocycles. The summed E-state index contributed by atoms with van der Waals surface area (Å²) in [4.78, 5) is 2.50. The number of nitrogens with zero attached hydrogens (tertiary/aromatic N) is 1. The number of piperidine rings is 1. The summed E-state index contributed by atoms with van der Waals surface area (Å²) in [5, 5.41) is 11.6. The van der Waals surface area contributed by atoms with E-state index in [-0.39, 0.29) is 11.9 Å². The molecule has 2 unspecified atom stereocenters. The van der Waals surface area contributed by atoms with E-state index >= 15 is 0 Å². The summed E-state index contributed by atoms with van der Waals surface area (Å²) in [6, 6.07) is 25.3. The van der Waals surface area contributed by atoms with Gasteiger partial charge in [0.1, 0.15) is 5.82 Å². The van der Waals surface area contributed by atoms with Gasteiger partial charge in [-0.1, -0.05) is 66.2 Å². The number of likely N-dealkylation sites (tertiary alicyclic amines) is 1. The van der Waals surface area contributed by atoms with Crippen molar-refractivity contribution in [3.05, 3.63) is 106 Å². The van der Waals surface area contributed by atoms with Gasteiger partial charge in [-0.15, -0.1) is 0 Å². The van der Waals surface area contributed by atoms with Crippen LogP contribution in [0.3, 0.4) is 0 Å². The van der Waals surface area contributed by atoms with Crippen LogP contribution in [0.15, 0.2) is 78.9 Å². The Morgan fingerprint density at radius 2 is 1.55 bits per heavy atom. The van der Waals surface area contributed by atoms with Crippen molar-refractivity contribution < 1.29 is 9.50 Å². The van der Waals surface area contributed by atoms with Crippen LogP contribution < -0.4 is 0 Å². The zero-order chi connectivity index (χ0) is 21.6. The van der Waals surface area contributed by atoms with Gasteiger partial charge in [0.2, 0.25) is 0 Å². The van der Waals surface area contributed by atoms with Crippen molar-refractivity contribution in [3.63, 3.8) is 0 Å². The van der Waals surface area contributed by atoms with Crippen molar-refractivity contribution in [1.29, 1.82) is 0 Å². The summed E-state index contributed by atoms with van der Waals surface area (Å²) < 4.78 is 13.3. The Morgan fingerprint density at radius 1 is 0.903 bits per heavy atom. The molecule has 31 heavy (non-hydrogen) atoms. The van der Waals surface area contributed by atoms with Gasteiger partial charge in [0.15, 0.2) is 0 Å². The minimum atomic E-state index is -0.429. The highest BCUT2D eigenvalue weighted by Crippen LogP contribution is 2.34. The molecule has 1 heterocycles. The first-order valence-corrected chi connectivity index (χ1v) is 11.4. The topological polar surface area (TPSA) is 23.5 Å². The third-order valence-corrected chi connectivity index (χ3v) is 6.63. The molecule has 162 valence electrons. The molecule has 0 spiro atoms. The van der Waals surface area contributed by atoms with Crippen molar-refractivity contribution in [2.75, 3.05) is 13.1 Å². The number of rotatable bonds is 7. The molecule has 0 aliphatic carbocycles. The van der Waals surface area contributed by atoms with Crippen LogP contribution in [0.1, 0.15) is 47.9 Å². The van der Waals surface area contributed by atoms with Gasteiger partial charge < -0.3 is 5.11 Å². The van der Waals surface area contributed by atoms with Gasteiger partial charge in [0.05, 0.1) is 6.10 Å². The van der Waals surface area contributed by atoms with E-state index in [1.165, 1.54) is 11.1 Å². The number of aliphatic hydroxyl groups excluding tert-OH is 1. The molecule has 2 nitrogen and oxygen atoms in total. The molecule has 4 heteroatoms. The Kier molecular flexibility index (Phi) is 7.39. The SMILES string of the molecule is OC(Cc1ccc(Cl)cc1)CC(c1ccccc1)N1CCC(c2ccc(F)cc2)CC1. The van der Waals surface area contributed by atoms with Crippen molar-refractivity contribution >= 4 is 11.6 Å². The highest BCUT2D eigenvalue weighted by Gasteiger charge is 2.28. The predicted octanol–water partition coefficient (Wildman–Crippen LogP) is 6.39. The van der Waals surface area contributed by atoms with Crippen LogP contribution in [0, 0.1) is 5.82 Å². The van der Waals surface area contributed by atoms with E-state index in [1.54, 1.807) is 12.1 Å². The quantitative estimate of drug-likeness (QED) is 0.462. The Hall–Kier alpha value is -2.20. The maximum Gasteiger partial charge on any atom is 0.123 e. The fourth-order valence-corrected chi connectivity index (χ4v) is 4.81. The molecule has 4 rings (SSSR count). The van der Waals surface area contributed by atoms with Crippen LogP contribution in [-0.2, 0) is 6.42 Å². The molecule has 1 saturated heterocycles. The van der Waals surface area contributed by atoms with Crippen LogP contribution in [-0.4, -0.2) is 29.2 Å². The van der Waals surface area contributed by atoms with Gasteiger partial charge in [0, 0.05) is 11.1 Å². The Bertz CT molecular complexity index is 937. The van der Waals surface area contributed by atoms with E-state index in [9.17, 15) is 9.50 Å². The lowest BCUT2D eigenvalue weighted by atomic mass is 9.87. The van der Waals surface area contributed by atoms with Gasteiger partial charge in [0.25, 0.3) is 0 Å². The summed E-state index contributed by atoms with van der Waals surface area (Å²) in [5.74, 6) is 0.285. The summed E-state index contributed by atoms with van der Waals surface area (Å²) in [7, 11) is 0. The lowest BCUT2D eigenvalue weighted by Crippen LogP contribution is -2.38. The highest BCUT2D eigenvalue weighted by molar-refractivity contribution is 6.30. The summed E-state index contributed by atoms with van der Waals surface area (Å²) in [5.41, 5.74) is 3.57. The first kappa shape index (κ1) is 22.0. The molecule has 1 N–H and O–H groups in total. The minimum Gasteiger partial charge on any atom is -0.393 e. The van der Waals surface area contributed by atoms with Crippen molar-refractivity contribution in [2.24, 2.45) is 0 Å². The van der Waals surface area contributed by atoms with Crippen LogP contribution in [0.4, 0.5) is 4.39 Å². The number of hydrogen-bond donors (Lipinski definition) is 1. The summed E-state index contributed by atoms with van der Waals surface area (Å²) >= 11 is 5.99. The molecule has 1 aliphatic heterocycles. The second kappa shape index (κ2) is 10.4. The van der Waals surface area contributed by atoms with Crippen molar-refractivity contribution in [3.8, 4) is 0 Å². The van der Waals surface area contributed by atoms with Gasteiger partial charge >= 0.3 is 0 Å². The average molecular weight is 438 g/mol. The molecule has 3 aromatic rings. The lowest BCUT2D eigenvalue weighted by molar-refractivity contribution is 0.0847.